The maximum atomic E-state index is 12.1. The van der Waals surface area contributed by atoms with Crippen LogP contribution in [-0.4, -0.2) is 18.8 Å². The Kier molecular flexibility index (Phi) is 6.77. The quantitative estimate of drug-likeness (QED) is 0.559. The lowest BCUT2D eigenvalue weighted by Gasteiger charge is -2.11. The predicted molar refractivity (Wildman–Crippen MR) is 110 cm³/mol. The predicted octanol–water partition coefficient (Wildman–Crippen LogP) is 5.01. The smallest absolute Gasteiger partial charge is 0.262 e. The van der Waals surface area contributed by atoms with Crippen molar-refractivity contribution in [1.29, 1.82) is 0 Å². The number of amides is 1. The monoisotopic (exact) mass is 379 g/mol. The van der Waals surface area contributed by atoms with Gasteiger partial charge in [0.25, 0.3) is 5.91 Å². The second-order valence-electron chi connectivity index (χ2n) is 5.78. The molecule has 1 N–H and O–H groups in total. The van der Waals surface area contributed by atoms with Crippen molar-refractivity contribution in [2.75, 3.05) is 18.2 Å². The van der Waals surface area contributed by atoms with Crippen molar-refractivity contribution in [3.63, 3.8) is 0 Å². The Morgan fingerprint density at radius 1 is 0.852 bits per heavy atom. The van der Waals surface area contributed by atoms with Crippen molar-refractivity contribution in [1.82, 2.24) is 0 Å². The molecule has 0 aromatic heterocycles. The lowest BCUT2D eigenvalue weighted by atomic mass is 10.2. The van der Waals surface area contributed by atoms with E-state index in [0.29, 0.717) is 12.4 Å². The zero-order valence-corrected chi connectivity index (χ0v) is 15.9. The van der Waals surface area contributed by atoms with Crippen LogP contribution >= 0.6 is 11.8 Å². The van der Waals surface area contributed by atoms with Crippen LogP contribution in [0.2, 0.25) is 0 Å². The third-order valence-electron chi connectivity index (χ3n) is 3.82. The number of benzene rings is 3. The fraction of sp³-hybridized carbons (Fsp3) is 0.136. The first-order chi connectivity index (χ1) is 13.2. The van der Waals surface area contributed by atoms with Crippen LogP contribution in [0.5, 0.6) is 11.5 Å². The third kappa shape index (κ3) is 5.79. The van der Waals surface area contributed by atoms with Gasteiger partial charge in [-0.2, -0.15) is 0 Å². The second-order valence-corrected chi connectivity index (χ2v) is 6.63. The van der Waals surface area contributed by atoms with Gasteiger partial charge in [-0.25, -0.2) is 0 Å². The number of carbonyl (C=O) groups is 1. The van der Waals surface area contributed by atoms with Gasteiger partial charge in [-0.3, -0.25) is 4.79 Å². The van der Waals surface area contributed by atoms with Gasteiger partial charge in [0.1, 0.15) is 18.1 Å². The van der Waals surface area contributed by atoms with Gasteiger partial charge in [0, 0.05) is 4.90 Å². The van der Waals surface area contributed by atoms with Crippen molar-refractivity contribution >= 4 is 23.4 Å². The summed E-state index contributed by atoms with van der Waals surface area (Å²) in [6, 6.07) is 24.9. The van der Waals surface area contributed by atoms with Gasteiger partial charge in [-0.15, -0.1) is 11.8 Å². The van der Waals surface area contributed by atoms with E-state index in [1.165, 1.54) is 0 Å². The maximum absolute atomic E-state index is 12.1. The van der Waals surface area contributed by atoms with Gasteiger partial charge in [-0.05, 0) is 48.2 Å². The SMILES string of the molecule is CSc1ccccc1NC(=O)COc1ccc(OCc2ccccc2)cc1. The van der Waals surface area contributed by atoms with Crippen molar-refractivity contribution in [3.05, 3.63) is 84.4 Å². The molecule has 0 spiro atoms. The van der Waals surface area contributed by atoms with E-state index in [-0.39, 0.29) is 12.5 Å². The lowest BCUT2D eigenvalue weighted by Crippen LogP contribution is -2.20. The minimum Gasteiger partial charge on any atom is -0.489 e. The van der Waals surface area contributed by atoms with E-state index in [9.17, 15) is 4.79 Å². The van der Waals surface area contributed by atoms with E-state index in [1.807, 2.05) is 73.0 Å². The van der Waals surface area contributed by atoms with Crippen LogP contribution in [0.15, 0.2) is 83.8 Å². The van der Waals surface area contributed by atoms with Crippen molar-refractivity contribution in [3.8, 4) is 11.5 Å². The van der Waals surface area contributed by atoms with Gasteiger partial charge in [-0.1, -0.05) is 42.5 Å². The van der Waals surface area contributed by atoms with E-state index >= 15 is 0 Å². The van der Waals surface area contributed by atoms with Crippen LogP contribution in [0.1, 0.15) is 5.56 Å². The average Bonchev–Trinajstić information content (AvgIpc) is 2.72. The number of hydrogen-bond acceptors (Lipinski definition) is 4. The first-order valence-corrected chi connectivity index (χ1v) is 9.79. The molecule has 1 amide bonds. The van der Waals surface area contributed by atoms with E-state index < -0.39 is 0 Å². The Hall–Kier alpha value is -2.92. The number of para-hydroxylation sites is 1. The van der Waals surface area contributed by atoms with Crippen LogP contribution in [0.4, 0.5) is 5.69 Å². The number of anilines is 1. The summed E-state index contributed by atoms with van der Waals surface area (Å²) in [7, 11) is 0. The molecule has 0 saturated heterocycles. The maximum Gasteiger partial charge on any atom is 0.262 e. The molecular formula is C22H21NO3S. The fourth-order valence-electron chi connectivity index (χ4n) is 2.46. The molecule has 4 nitrogen and oxygen atoms in total. The summed E-state index contributed by atoms with van der Waals surface area (Å²) in [6.45, 7) is 0.464. The Bertz CT molecular complexity index is 866. The van der Waals surface area contributed by atoms with Crippen molar-refractivity contribution in [2.45, 2.75) is 11.5 Å². The number of carbonyl (C=O) groups excluding carboxylic acids is 1. The number of nitrogens with one attached hydrogen (secondary N) is 1. The molecule has 0 unspecified atom stereocenters. The fourth-order valence-corrected chi connectivity index (χ4v) is 3.01. The Balaban J connectivity index is 1.47. The third-order valence-corrected chi connectivity index (χ3v) is 4.62. The topological polar surface area (TPSA) is 47.6 Å². The second kappa shape index (κ2) is 9.69. The van der Waals surface area contributed by atoms with Crippen LogP contribution < -0.4 is 14.8 Å². The molecule has 138 valence electrons. The number of rotatable bonds is 8. The molecule has 0 aliphatic rings. The molecule has 0 fully saturated rings. The molecule has 0 aliphatic heterocycles. The summed E-state index contributed by atoms with van der Waals surface area (Å²) < 4.78 is 11.3. The molecule has 27 heavy (non-hydrogen) atoms. The number of ether oxygens (including phenoxy) is 2. The highest BCUT2D eigenvalue weighted by atomic mass is 32.2. The first kappa shape index (κ1) is 18.9. The minimum atomic E-state index is -0.194. The summed E-state index contributed by atoms with van der Waals surface area (Å²) in [6.07, 6.45) is 1.98. The number of hydrogen-bond donors (Lipinski definition) is 1. The normalized spacial score (nSPS) is 10.3. The minimum absolute atomic E-state index is 0.0487. The highest BCUT2D eigenvalue weighted by Gasteiger charge is 2.07. The molecule has 3 aromatic carbocycles. The molecule has 0 bridgehead atoms. The molecule has 0 saturated carbocycles. The van der Waals surface area contributed by atoms with Crippen molar-refractivity contribution in [2.24, 2.45) is 0 Å². The van der Waals surface area contributed by atoms with E-state index in [4.69, 9.17) is 9.47 Å². The Labute approximate surface area is 163 Å². The molecule has 0 radical (unpaired) electrons. The summed E-state index contributed by atoms with van der Waals surface area (Å²) >= 11 is 1.59. The largest absolute Gasteiger partial charge is 0.489 e. The molecule has 3 aromatic rings. The molecule has 3 rings (SSSR count). The highest BCUT2D eigenvalue weighted by Crippen LogP contribution is 2.24. The van der Waals surface area contributed by atoms with Crippen LogP contribution in [0.3, 0.4) is 0 Å². The first-order valence-electron chi connectivity index (χ1n) is 8.57. The van der Waals surface area contributed by atoms with E-state index in [2.05, 4.69) is 5.32 Å². The molecule has 5 heteroatoms. The average molecular weight is 379 g/mol. The Morgan fingerprint density at radius 2 is 1.48 bits per heavy atom. The highest BCUT2D eigenvalue weighted by molar-refractivity contribution is 7.98. The van der Waals surface area contributed by atoms with E-state index in [1.54, 1.807) is 23.9 Å². The van der Waals surface area contributed by atoms with E-state index in [0.717, 1.165) is 21.9 Å². The zero-order chi connectivity index (χ0) is 18.9. The Morgan fingerprint density at radius 3 is 2.19 bits per heavy atom. The van der Waals surface area contributed by atoms with Crippen molar-refractivity contribution < 1.29 is 14.3 Å². The molecule has 0 atom stereocenters. The summed E-state index contributed by atoms with van der Waals surface area (Å²) in [4.78, 5) is 13.1. The van der Waals surface area contributed by atoms with Gasteiger partial charge in [0.05, 0.1) is 5.69 Å². The summed E-state index contributed by atoms with van der Waals surface area (Å²) in [5.41, 5.74) is 1.91. The van der Waals surface area contributed by atoms with Crippen LogP contribution in [0.25, 0.3) is 0 Å². The standard InChI is InChI=1S/C22H21NO3S/c1-27-21-10-6-5-9-20(21)23-22(24)16-26-19-13-11-18(12-14-19)25-15-17-7-3-2-4-8-17/h2-14H,15-16H2,1H3,(H,23,24). The van der Waals surface area contributed by atoms with Gasteiger partial charge >= 0.3 is 0 Å². The summed E-state index contributed by atoms with van der Waals surface area (Å²) in [5, 5.41) is 2.87. The molecular weight excluding hydrogens is 358 g/mol. The van der Waals surface area contributed by atoms with Crippen LogP contribution in [-0.2, 0) is 11.4 Å². The van der Waals surface area contributed by atoms with Crippen LogP contribution in [0, 0.1) is 0 Å². The van der Waals surface area contributed by atoms with Gasteiger partial charge in [0.15, 0.2) is 6.61 Å². The summed E-state index contributed by atoms with van der Waals surface area (Å²) in [5.74, 6) is 1.18. The van der Waals surface area contributed by atoms with Gasteiger partial charge < -0.3 is 14.8 Å². The number of thioether (sulfide) groups is 1. The van der Waals surface area contributed by atoms with Gasteiger partial charge in [0.2, 0.25) is 0 Å². The zero-order valence-electron chi connectivity index (χ0n) is 15.1. The molecule has 0 aliphatic carbocycles. The molecule has 0 heterocycles. The lowest BCUT2D eigenvalue weighted by molar-refractivity contribution is -0.118.